The van der Waals surface area contributed by atoms with Crippen LogP contribution in [0.15, 0.2) is 52.9 Å². The summed E-state index contributed by atoms with van der Waals surface area (Å²) in [4.78, 5) is 12.8. The van der Waals surface area contributed by atoms with Gasteiger partial charge in [0.25, 0.3) is 5.91 Å². The number of para-hydroxylation sites is 3. The van der Waals surface area contributed by atoms with E-state index in [1.54, 1.807) is 30.3 Å². The SMILES string of the molecule is COCc1c(C(=O)Nc2ccccc2NS(C)(=O)=O)oc2ccccc12. The van der Waals surface area contributed by atoms with E-state index in [2.05, 4.69) is 10.0 Å². The van der Waals surface area contributed by atoms with Gasteiger partial charge in [-0.3, -0.25) is 9.52 Å². The molecule has 0 fully saturated rings. The third kappa shape index (κ3) is 3.87. The molecule has 0 aliphatic heterocycles. The minimum atomic E-state index is -3.48. The lowest BCUT2D eigenvalue weighted by molar-refractivity contribution is 0.0992. The zero-order chi connectivity index (χ0) is 18.7. The Hall–Kier alpha value is -2.84. The highest BCUT2D eigenvalue weighted by molar-refractivity contribution is 7.92. The number of sulfonamides is 1. The molecule has 0 spiro atoms. The standard InChI is InChI=1S/C18H18N2O5S/c1-24-11-13-12-7-3-6-10-16(12)25-17(13)18(21)19-14-8-4-5-9-15(14)20-26(2,22)23/h3-10,20H,11H2,1-2H3,(H,19,21). The monoisotopic (exact) mass is 374 g/mol. The van der Waals surface area contributed by atoms with Gasteiger partial charge in [0.2, 0.25) is 10.0 Å². The maximum absolute atomic E-state index is 12.8. The fraction of sp³-hybridized carbons (Fsp3) is 0.167. The molecule has 1 amide bonds. The summed E-state index contributed by atoms with van der Waals surface area (Å²) < 4.78 is 36.3. The van der Waals surface area contributed by atoms with E-state index in [-0.39, 0.29) is 18.1 Å². The Kier molecular flexibility index (Phi) is 4.97. The Morgan fingerprint density at radius 2 is 1.73 bits per heavy atom. The summed E-state index contributed by atoms with van der Waals surface area (Å²) in [7, 11) is -1.95. The van der Waals surface area contributed by atoms with Crippen molar-refractivity contribution in [3.05, 3.63) is 59.9 Å². The number of ether oxygens (including phenoxy) is 1. The Morgan fingerprint density at radius 1 is 1.08 bits per heavy atom. The lowest BCUT2D eigenvalue weighted by atomic mass is 10.1. The number of nitrogens with one attached hydrogen (secondary N) is 2. The van der Waals surface area contributed by atoms with Crippen LogP contribution in [-0.2, 0) is 21.4 Å². The van der Waals surface area contributed by atoms with E-state index in [0.29, 0.717) is 16.8 Å². The number of rotatable bonds is 6. The van der Waals surface area contributed by atoms with Crippen LogP contribution in [0.5, 0.6) is 0 Å². The van der Waals surface area contributed by atoms with Gasteiger partial charge in [-0.15, -0.1) is 0 Å². The molecule has 0 atom stereocenters. The number of hydrogen-bond acceptors (Lipinski definition) is 5. The Morgan fingerprint density at radius 3 is 2.42 bits per heavy atom. The molecule has 3 rings (SSSR count). The first kappa shape index (κ1) is 18.0. The van der Waals surface area contributed by atoms with Gasteiger partial charge in [-0.1, -0.05) is 30.3 Å². The van der Waals surface area contributed by atoms with Crippen LogP contribution in [0, 0.1) is 0 Å². The van der Waals surface area contributed by atoms with Gasteiger partial charge in [-0.25, -0.2) is 8.42 Å². The summed E-state index contributed by atoms with van der Waals surface area (Å²) in [6.07, 6.45) is 1.04. The molecule has 0 bridgehead atoms. The van der Waals surface area contributed by atoms with E-state index in [0.717, 1.165) is 11.6 Å². The predicted octanol–water partition coefficient (Wildman–Crippen LogP) is 3.20. The molecule has 0 aliphatic rings. The quantitative estimate of drug-likeness (QED) is 0.690. The molecule has 8 heteroatoms. The molecule has 1 heterocycles. The van der Waals surface area contributed by atoms with Crippen molar-refractivity contribution in [1.29, 1.82) is 0 Å². The molecule has 7 nitrogen and oxygen atoms in total. The molecule has 0 unspecified atom stereocenters. The number of benzene rings is 2. The summed E-state index contributed by atoms with van der Waals surface area (Å²) in [6.45, 7) is 0.211. The van der Waals surface area contributed by atoms with Crippen molar-refractivity contribution < 1.29 is 22.4 Å². The highest BCUT2D eigenvalue weighted by Gasteiger charge is 2.21. The normalized spacial score (nSPS) is 11.5. The molecule has 136 valence electrons. The molecule has 2 N–H and O–H groups in total. The molecule has 0 saturated heterocycles. The summed E-state index contributed by atoms with van der Waals surface area (Å²) in [5, 5.41) is 3.49. The number of anilines is 2. The van der Waals surface area contributed by atoms with Gasteiger partial charge < -0.3 is 14.5 Å². The first-order valence-corrected chi connectivity index (χ1v) is 9.65. The minimum absolute atomic E-state index is 0.127. The van der Waals surface area contributed by atoms with Crippen molar-refractivity contribution in [1.82, 2.24) is 0 Å². The maximum atomic E-state index is 12.8. The average molecular weight is 374 g/mol. The smallest absolute Gasteiger partial charge is 0.291 e. The number of furan rings is 1. The average Bonchev–Trinajstić information content (AvgIpc) is 2.95. The second kappa shape index (κ2) is 7.19. The molecular weight excluding hydrogens is 356 g/mol. The number of fused-ring (bicyclic) bond motifs is 1. The summed E-state index contributed by atoms with van der Waals surface area (Å²) in [6, 6.07) is 13.8. The van der Waals surface area contributed by atoms with Gasteiger partial charge in [0, 0.05) is 18.1 Å². The number of amides is 1. The van der Waals surface area contributed by atoms with Crippen molar-refractivity contribution in [2.45, 2.75) is 6.61 Å². The van der Waals surface area contributed by atoms with Gasteiger partial charge in [0.1, 0.15) is 5.58 Å². The van der Waals surface area contributed by atoms with Crippen LogP contribution in [0.1, 0.15) is 16.1 Å². The van der Waals surface area contributed by atoms with E-state index in [9.17, 15) is 13.2 Å². The second-order valence-electron chi connectivity index (χ2n) is 5.71. The van der Waals surface area contributed by atoms with E-state index >= 15 is 0 Å². The zero-order valence-electron chi connectivity index (χ0n) is 14.3. The third-order valence-corrected chi connectivity index (χ3v) is 4.25. The highest BCUT2D eigenvalue weighted by Crippen LogP contribution is 2.28. The highest BCUT2D eigenvalue weighted by atomic mass is 32.2. The zero-order valence-corrected chi connectivity index (χ0v) is 15.1. The summed E-state index contributed by atoms with van der Waals surface area (Å²) in [5.74, 6) is -0.363. The number of carbonyl (C=O) groups is 1. The molecule has 0 aliphatic carbocycles. The van der Waals surface area contributed by atoms with Crippen molar-refractivity contribution in [2.24, 2.45) is 0 Å². The summed E-state index contributed by atoms with van der Waals surface area (Å²) >= 11 is 0. The fourth-order valence-corrected chi connectivity index (χ4v) is 3.21. The van der Waals surface area contributed by atoms with Crippen molar-refractivity contribution >= 4 is 38.3 Å². The largest absolute Gasteiger partial charge is 0.451 e. The number of carbonyl (C=O) groups excluding carboxylic acids is 1. The van der Waals surface area contributed by atoms with Gasteiger partial charge in [0.05, 0.1) is 24.2 Å². The lowest BCUT2D eigenvalue weighted by Gasteiger charge is -2.11. The van der Waals surface area contributed by atoms with E-state index in [1.807, 2.05) is 18.2 Å². The predicted molar refractivity (Wildman–Crippen MR) is 99.8 cm³/mol. The number of hydrogen-bond donors (Lipinski definition) is 2. The molecule has 26 heavy (non-hydrogen) atoms. The van der Waals surface area contributed by atoms with Crippen LogP contribution >= 0.6 is 0 Å². The van der Waals surface area contributed by atoms with Gasteiger partial charge in [-0.2, -0.15) is 0 Å². The molecular formula is C18H18N2O5S. The maximum Gasteiger partial charge on any atom is 0.291 e. The van der Waals surface area contributed by atoms with Crippen LogP contribution < -0.4 is 10.0 Å². The molecule has 1 aromatic heterocycles. The molecule has 2 aromatic carbocycles. The van der Waals surface area contributed by atoms with Crippen LogP contribution in [-0.4, -0.2) is 27.7 Å². The minimum Gasteiger partial charge on any atom is -0.451 e. The van der Waals surface area contributed by atoms with Crippen molar-refractivity contribution in [3.63, 3.8) is 0 Å². The van der Waals surface area contributed by atoms with Gasteiger partial charge in [0.15, 0.2) is 5.76 Å². The number of methoxy groups -OCH3 is 1. The fourth-order valence-electron chi connectivity index (χ4n) is 2.63. The van der Waals surface area contributed by atoms with Crippen LogP contribution in [0.4, 0.5) is 11.4 Å². The van der Waals surface area contributed by atoms with E-state index < -0.39 is 15.9 Å². The third-order valence-electron chi connectivity index (χ3n) is 3.66. The van der Waals surface area contributed by atoms with Gasteiger partial charge in [-0.05, 0) is 18.2 Å². The van der Waals surface area contributed by atoms with E-state index in [1.165, 1.54) is 7.11 Å². The first-order chi connectivity index (χ1) is 12.4. The molecule has 0 saturated carbocycles. The van der Waals surface area contributed by atoms with Crippen molar-refractivity contribution in [2.75, 3.05) is 23.4 Å². The van der Waals surface area contributed by atoms with Crippen LogP contribution in [0.2, 0.25) is 0 Å². The Labute approximate surface area is 151 Å². The van der Waals surface area contributed by atoms with Crippen LogP contribution in [0.25, 0.3) is 11.0 Å². The van der Waals surface area contributed by atoms with E-state index in [4.69, 9.17) is 9.15 Å². The van der Waals surface area contributed by atoms with Gasteiger partial charge >= 0.3 is 0 Å². The first-order valence-electron chi connectivity index (χ1n) is 7.76. The summed E-state index contributed by atoms with van der Waals surface area (Å²) in [5.41, 5.74) is 1.81. The topological polar surface area (TPSA) is 97.6 Å². The van der Waals surface area contributed by atoms with Crippen LogP contribution in [0.3, 0.4) is 0 Å². The second-order valence-corrected chi connectivity index (χ2v) is 7.46. The molecule has 3 aromatic rings. The Balaban J connectivity index is 1.97. The Bertz CT molecular complexity index is 1060. The van der Waals surface area contributed by atoms with Crippen molar-refractivity contribution in [3.8, 4) is 0 Å². The lowest BCUT2D eigenvalue weighted by Crippen LogP contribution is -2.16. The molecule has 0 radical (unpaired) electrons.